The highest BCUT2D eigenvalue weighted by molar-refractivity contribution is 5.77. The van der Waals surface area contributed by atoms with Crippen LogP contribution in [0.25, 0.3) is 11.4 Å². The van der Waals surface area contributed by atoms with Crippen LogP contribution in [0, 0.1) is 10.1 Å². The molecule has 0 bridgehead atoms. The summed E-state index contributed by atoms with van der Waals surface area (Å²) in [7, 11) is 2.80. The number of benzene rings is 1. The molecule has 0 fully saturated rings. The number of hydrogen-bond acceptors (Lipinski definition) is 8. The second kappa shape index (κ2) is 8.04. The summed E-state index contributed by atoms with van der Waals surface area (Å²) >= 11 is 0. The minimum Gasteiger partial charge on any atom is -0.494 e. The van der Waals surface area contributed by atoms with E-state index in [1.807, 2.05) is 0 Å². The van der Waals surface area contributed by atoms with Crippen LogP contribution in [-0.4, -0.2) is 41.7 Å². The molecule has 0 aliphatic rings. The number of nitro benzene ring substituents is 1. The molecule has 1 heterocycles. The summed E-state index contributed by atoms with van der Waals surface area (Å²) in [6, 6.07) is 2.85. The molecule has 2 rings (SSSR count). The van der Waals surface area contributed by atoms with E-state index in [9.17, 15) is 14.9 Å². The Morgan fingerprint density at radius 1 is 1.20 bits per heavy atom. The van der Waals surface area contributed by atoms with E-state index >= 15 is 0 Å². The molecule has 0 saturated carbocycles. The zero-order valence-corrected chi connectivity index (χ0v) is 14.0. The van der Waals surface area contributed by atoms with E-state index in [4.69, 9.17) is 14.2 Å². The van der Waals surface area contributed by atoms with Gasteiger partial charge in [0.2, 0.25) is 5.75 Å². The quantitative estimate of drug-likeness (QED) is 0.425. The van der Waals surface area contributed by atoms with Crippen molar-refractivity contribution in [2.45, 2.75) is 13.3 Å². The van der Waals surface area contributed by atoms with E-state index in [0.717, 1.165) is 0 Å². The summed E-state index contributed by atoms with van der Waals surface area (Å²) in [6.45, 7) is 1.91. The maximum Gasteiger partial charge on any atom is 0.311 e. The average Bonchev–Trinajstić information content (AvgIpc) is 2.61. The Morgan fingerprint density at radius 2 is 1.88 bits per heavy atom. The van der Waals surface area contributed by atoms with Gasteiger partial charge in [0.15, 0.2) is 11.6 Å². The number of nitro groups is 1. The van der Waals surface area contributed by atoms with Gasteiger partial charge in [0.1, 0.15) is 0 Å². The Labute approximate surface area is 143 Å². The van der Waals surface area contributed by atoms with Crippen LogP contribution in [0.1, 0.15) is 12.5 Å². The normalized spacial score (nSPS) is 10.2. The van der Waals surface area contributed by atoms with Crippen LogP contribution >= 0.6 is 0 Å². The van der Waals surface area contributed by atoms with Gasteiger partial charge in [-0.15, -0.1) is 0 Å². The summed E-state index contributed by atoms with van der Waals surface area (Å²) in [4.78, 5) is 30.8. The number of carbonyl (C=O) groups is 1. The predicted molar refractivity (Wildman–Crippen MR) is 87.6 cm³/mol. The molecule has 132 valence electrons. The number of rotatable bonds is 7. The van der Waals surface area contributed by atoms with Crippen LogP contribution in [-0.2, 0) is 16.0 Å². The highest BCUT2D eigenvalue weighted by atomic mass is 16.6. The molecule has 0 unspecified atom stereocenters. The van der Waals surface area contributed by atoms with E-state index < -0.39 is 10.9 Å². The Kier molecular flexibility index (Phi) is 5.83. The third kappa shape index (κ3) is 4.19. The Balaban J connectivity index is 2.56. The van der Waals surface area contributed by atoms with Gasteiger partial charge in [-0.05, 0) is 18.6 Å². The molecule has 25 heavy (non-hydrogen) atoms. The molecule has 0 saturated heterocycles. The van der Waals surface area contributed by atoms with E-state index in [0.29, 0.717) is 16.9 Å². The molecule has 0 aliphatic carbocycles. The molecular formula is C16H17N3O6. The van der Waals surface area contributed by atoms with Crippen LogP contribution in [0.3, 0.4) is 0 Å². The van der Waals surface area contributed by atoms with Crippen molar-refractivity contribution < 1.29 is 23.9 Å². The summed E-state index contributed by atoms with van der Waals surface area (Å²) in [6.07, 6.45) is 2.76. The van der Waals surface area contributed by atoms with Gasteiger partial charge in [-0.3, -0.25) is 14.9 Å². The maximum absolute atomic E-state index is 11.7. The molecule has 1 aromatic carbocycles. The van der Waals surface area contributed by atoms with Crippen molar-refractivity contribution in [3.05, 3.63) is 40.2 Å². The summed E-state index contributed by atoms with van der Waals surface area (Å²) < 4.78 is 15.1. The van der Waals surface area contributed by atoms with Crippen LogP contribution in [0.15, 0.2) is 24.5 Å². The standard InChI is InChI=1S/C16H17N3O6/c1-4-25-14(20)7-10-5-12(15(24-3)13(6-10)19(21)22)16-17-8-11(23-2)9-18-16/h5-6,8-9H,4,7H2,1-3H3. The second-order valence-electron chi connectivity index (χ2n) is 4.88. The van der Waals surface area contributed by atoms with Crippen molar-refractivity contribution in [3.8, 4) is 22.9 Å². The molecule has 0 spiro atoms. The maximum atomic E-state index is 11.7. The van der Waals surface area contributed by atoms with Crippen molar-refractivity contribution in [3.63, 3.8) is 0 Å². The van der Waals surface area contributed by atoms with Crippen molar-refractivity contribution in [2.75, 3.05) is 20.8 Å². The first-order valence-corrected chi connectivity index (χ1v) is 7.37. The van der Waals surface area contributed by atoms with Crippen molar-refractivity contribution in [2.24, 2.45) is 0 Å². The van der Waals surface area contributed by atoms with Crippen molar-refractivity contribution in [1.82, 2.24) is 9.97 Å². The molecule has 0 aliphatic heterocycles. The van der Waals surface area contributed by atoms with Gasteiger partial charge in [0.05, 0.1) is 50.1 Å². The SMILES string of the molecule is CCOC(=O)Cc1cc(-c2ncc(OC)cn2)c(OC)c([N+](=O)[O-])c1. The van der Waals surface area contributed by atoms with Gasteiger partial charge >= 0.3 is 11.7 Å². The molecule has 0 N–H and O–H groups in total. The monoisotopic (exact) mass is 347 g/mol. The third-order valence-electron chi connectivity index (χ3n) is 3.29. The first kappa shape index (κ1) is 18.1. The molecule has 9 nitrogen and oxygen atoms in total. The highest BCUT2D eigenvalue weighted by Crippen LogP contribution is 2.38. The number of carbonyl (C=O) groups excluding carboxylic acids is 1. The number of ether oxygens (including phenoxy) is 3. The Hall–Kier alpha value is -3.23. The molecule has 1 aromatic heterocycles. The van der Waals surface area contributed by atoms with Crippen LogP contribution in [0.5, 0.6) is 11.5 Å². The first-order valence-electron chi connectivity index (χ1n) is 7.37. The Bertz CT molecular complexity index is 776. The van der Waals surface area contributed by atoms with Crippen LogP contribution in [0.4, 0.5) is 5.69 Å². The van der Waals surface area contributed by atoms with E-state index in [1.54, 1.807) is 13.0 Å². The predicted octanol–water partition coefficient (Wildman–Crippen LogP) is 2.17. The van der Waals surface area contributed by atoms with Gasteiger partial charge in [-0.2, -0.15) is 0 Å². The molecule has 0 amide bonds. The number of esters is 1. The van der Waals surface area contributed by atoms with E-state index in [1.165, 1.54) is 32.7 Å². The number of methoxy groups -OCH3 is 2. The second-order valence-corrected chi connectivity index (χ2v) is 4.88. The molecule has 2 aromatic rings. The van der Waals surface area contributed by atoms with Crippen LogP contribution in [0.2, 0.25) is 0 Å². The number of aromatic nitrogens is 2. The third-order valence-corrected chi connectivity index (χ3v) is 3.29. The lowest BCUT2D eigenvalue weighted by atomic mass is 10.0. The lowest BCUT2D eigenvalue weighted by molar-refractivity contribution is -0.385. The fourth-order valence-electron chi connectivity index (χ4n) is 2.23. The molecule has 9 heteroatoms. The fourth-order valence-corrected chi connectivity index (χ4v) is 2.23. The zero-order valence-electron chi connectivity index (χ0n) is 14.0. The van der Waals surface area contributed by atoms with E-state index in [-0.39, 0.29) is 30.3 Å². The van der Waals surface area contributed by atoms with Crippen molar-refractivity contribution >= 4 is 11.7 Å². The lowest BCUT2D eigenvalue weighted by Gasteiger charge is -2.11. The van der Waals surface area contributed by atoms with Gasteiger partial charge in [-0.25, -0.2) is 9.97 Å². The summed E-state index contributed by atoms with van der Waals surface area (Å²) in [5.74, 6) is 0.192. The van der Waals surface area contributed by atoms with E-state index in [2.05, 4.69) is 9.97 Å². The number of nitrogens with zero attached hydrogens (tertiary/aromatic N) is 3. The minimum absolute atomic E-state index is 0.0165. The zero-order chi connectivity index (χ0) is 18.4. The minimum atomic E-state index is -0.583. The molecule has 0 radical (unpaired) electrons. The fraction of sp³-hybridized carbons (Fsp3) is 0.312. The first-order chi connectivity index (χ1) is 12.0. The van der Waals surface area contributed by atoms with Gasteiger partial charge in [-0.1, -0.05) is 0 Å². The van der Waals surface area contributed by atoms with Crippen LogP contribution < -0.4 is 9.47 Å². The smallest absolute Gasteiger partial charge is 0.311 e. The van der Waals surface area contributed by atoms with Crippen molar-refractivity contribution in [1.29, 1.82) is 0 Å². The van der Waals surface area contributed by atoms with Gasteiger partial charge in [0, 0.05) is 6.07 Å². The Morgan fingerprint density at radius 3 is 2.40 bits per heavy atom. The van der Waals surface area contributed by atoms with Gasteiger partial charge < -0.3 is 14.2 Å². The van der Waals surface area contributed by atoms with Gasteiger partial charge in [0.25, 0.3) is 0 Å². The number of hydrogen-bond donors (Lipinski definition) is 0. The largest absolute Gasteiger partial charge is 0.494 e. The summed E-state index contributed by atoms with van der Waals surface area (Å²) in [5, 5.41) is 11.4. The highest BCUT2D eigenvalue weighted by Gasteiger charge is 2.24. The lowest BCUT2D eigenvalue weighted by Crippen LogP contribution is -2.08. The molecule has 0 atom stereocenters. The topological polar surface area (TPSA) is 114 Å². The average molecular weight is 347 g/mol. The summed E-state index contributed by atoms with van der Waals surface area (Å²) in [5.41, 5.74) is 0.428. The molecular weight excluding hydrogens is 330 g/mol.